The van der Waals surface area contributed by atoms with E-state index in [2.05, 4.69) is 10.5 Å². The van der Waals surface area contributed by atoms with Crippen LogP contribution in [0.2, 0.25) is 0 Å². The summed E-state index contributed by atoms with van der Waals surface area (Å²) in [7, 11) is 1.98. The quantitative estimate of drug-likeness (QED) is 0.406. The maximum atomic E-state index is 4.62. The van der Waals surface area contributed by atoms with Crippen LogP contribution in [0.5, 0.6) is 0 Å². The molecule has 5 heavy (non-hydrogen) atoms. The van der Waals surface area contributed by atoms with E-state index >= 15 is 0 Å². The molecule has 4 heteroatoms. The largest absolute Gasteiger partial charge is 0.243 e. The van der Waals surface area contributed by atoms with Gasteiger partial charge in [-0.25, -0.2) is 10.5 Å². The molecule has 0 amide bonds. The first-order chi connectivity index (χ1) is 2.41. The fourth-order valence-electron chi connectivity index (χ4n) is 0.0471. The lowest BCUT2D eigenvalue weighted by molar-refractivity contribution is 0.395. The van der Waals surface area contributed by atoms with Gasteiger partial charge in [-0.1, -0.05) is 0 Å². The van der Waals surface area contributed by atoms with Gasteiger partial charge in [0, 0.05) is 0 Å². The van der Waals surface area contributed by atoms with Gasteiger partial charge < -0.3 is 0 Å². The fourth-order valence-corrected chi connectivity index (χ4v) is 0.424. The molecule has 30 valence electrons. The van der Waals surface area contributed by atoms with Crippen molar-refractivity contribution in [1.82, 2.24) is 0 Å². The van der Waals surface area contributed by atoms with E-state index < -0.39 is 0 Å². The van der Waals surface area contributed by atoms with E-state index in [1.807, 2.05) is 6.66 Å². The molecule has 0 saturated carbocycles. The summed E-state index contributed by atoms with van der Waals surface area (Å²) in [6, 6.07) is 0. The minimum atomic E-state index is 0.830. The Morgan fingerprint density at radius 3 is 2.40 bits per heavy atom. The Kier molecular flexibility index (Phi) is 4.99. The van der Waals surface area contributed by atoms with Crippen molar-refractivity contribution in [1.29, 1.82) is 0 Å². The molecule has 0 rings (SSSR count). The molecule has 0 aliphatic rings. The van der Waals surface area contributed by atoms with Gasteiger partial charge in [-0.05, 0) is 14.5 Å². The molecular formula is CH5NOP2. The van der Waals surface area contributed by atoms with E-state index in [1.54, 1.807) is 0 Å². The van der Waals surface area contributed by atoms with Crippen molar-refractivity contribution < 1.29 is 4.62 Å². The maximum Gasteiger partial charge on any atom is 0.109 e. The third-order valence-electron chi connectivity index (χ3n) is 0.129. The normalized spacial score (nSPS) is 10.0. The molecule has 0 aliphatic heterocycles. The Morgan fingerprint density at radius 1 is 1.80 bits per heavy atom. The number of hydrogen-bond acceptors (Lipinski definition) is 2. The van der Waals surface area contributed by atoms with E-state index in [4.69, 9.17) is 0 Å². The lowest BCUT2D eigenvalue weighted by atomic mass is 12.0. The van der Waals surface area contributed by atoms with Gasteiger partial charge >= 0.3 is 0 Å². The predicted octanol–water partition coefficient (Wildman–Crippen LogP) is 1.23. The Labute approximate surface area is 34.2 Å². The molecule has 0 aromatic carbocycles. The zero-order valence-electron chi connectivity index (χ0n) is 2.88. The third kappa shape index (κ3) is 4.52. The summed E-state index contributed by atoms with van der Waals surface area (Å²) < 4.78 is 4.15. The van der Waals surface area contributed by atoms with Gasteiger partial charge in [0.05, 0.1) is 0 Å². The third-order valence-corrected chi connectivity index (χ3v) is 1.16. The smallest absolute Gasteiger partial charge is 0.109 e. The Bertz CT molecular complexity index is 36.6. The van der Waals surface area contributed by atoms with Gasteiger partial charge in [0.2, 0.25) is 0 Å². The van der Waals surface area contributed by atoms with Crippen LogP contribution in [0.25, 0.3) is 0 Å². The molecule has 0 aromatic rings. The Hall–Kier alpha value is 0.520. The summed E-state index contributed by atoms with van der Waals surface area (Å²) in [5, 5.41) is 0. The van der Waals surface area contributed by atoms with Crippen LogP contribution in [0.1, 0.15) is 0 Å². The summed E-state index contributed by atoms with van der Waals surface area (Å²) in [6.07, 6.45) is 0. The molecule has 0 aliphatic carbocycles. The minimum absolute atomic E-state index is 0.830. The number of rotatable bonds is 1. The molecule has 2 nitrogen and oxygen atoms in total. The topological polar surface area (TPSA) is 35.2 Å². The van der Waals surface area contributed by atoms with Crippen LogP contribution < -0.4 is 5.90 Å². The molecule has 0 unspecified atom stereocenters. The molecular weight excluding hydrogens is 104 g/mol. The molecule has 0 heterocycles. The van der Waals surface area contributed by atoms with Gasteiger partial charge in [0.25, 0.3) is 0 Å². The maximum absolute atomic E-state index is 4.62. The average Bonchev–Trinajstić information content (AvgIpc) is 1.41. The van der Waals surface area contributed by atoms with Crippen molar-refractivity contribution in [3.8, 4) is 0 Å². The van der Waals surface area contributed by atoms with Gasteiger partial charge in [-0.3, -0.25) is 0 Å². The van der Waals surface area contributed by atoms with Gasteiger partial charge in [0.15, 0.2) is 0 Å². The summed E-state index contributed by atoms with van der Waals surface area (Å²) in [5.41, 5.74) is 0. The first kappa shape index (κ1) is 5.52. The van der Waals surface area contributed by atoms with Crippen molar-refractivity contribution in [2.75, 3.05) is 6.66 Å². The monoisotopic (exact) mass is 109 g/mol. The molecule has 0 spiro atoms. The molecule has 2 N–H and O–H groups in total. The molecule has 0 fully saturated rings. The van der Waals surface area contributed by atoms with Crippen molar-refractivity contribution >= 4 is 16.0 Å². The highest BCUT2D eigenvalue weighted by molar-refractivity contribution is 7.80. The number of nitrogens with two attached hydrogens (primary N) is 1. The first-order valence-corrected chi connectivity index (χ1v) is 3.93. The predicted molar refractivity (Wildman–Crippen MR) is 25.0 cm³/mol. The Morgan fingerprint density at radius 2 is 2.40 bits per heavy atom. The Balaban J connectivity index is 2.62. The van der Waals surface area contributed by atoms with Crippen molar-refractivity contribution in [3.05, 3.63) is 0 Å². The van der Waals surface area contributed by atoms with Crippen LogP contribution in [0.15, 0.2) is 0 Å². The summed E-state index contributed by atoms with van der Waals surface area (Å²) >= 11 is 0. The standard InChI is InChI=1S/CH5NOP2/c1-4-5-3-2/h2H2,1H3. The molecule has 0 aromatic heterocycles. The molecule has 0 bridgehead atoms. The van der Waals surface area contributed by atoms with E-state index in [-0.39, 0.29) is 0 Å². The summed E-state index contributed by atoms with van der Waals surface area (Å²) in [6.45, 7) is 1.97. The lowest BCUT2D eigenvalue weighted by Crippen LogP contribution is -1.79. The number of hydrogen-bond donors (Lipinski definition) is 1. The van der Waals surface area contributed by atoms with Crippen LogP contribution in [-0.4, -0.2) is 6.66 Å². The lowest BCUT2D eigenvalue weighted by Gasteiger charge is -1.68. The fraction of sp³-hybridized carbons (Fsp3) is 1.00. The highest BCUT2D eigenvalue weighted by Crippen LogP contribution is 2.07. The molecule has 0 atom stereocenters. The van der Waals surface area contributed by atoms with Gasteiger partial charge in [-0.15, -0.1) is 0 Å². The van der Waals surface area contributed by atoms with E-state index in [1.165, 1.54) is 0 Å². The van der Waals surface area contributed by atoms with Crippen molar-refractivity contribution in [2.45, 2.75) is 0 Å². The van der Waals surface area contributed by atoms with Gasteiger partial charge in [0.1, 0.15) is 8.09 Å². The van der Waals surface area contributed by atoms with E-state index in [9.17, 15) is 0 Å². The summed E-state index contributed by atoms with van der Waals surface area (Å²) in [5.74, 6) is 4.62. The van der Waals surface area contributed by atoms with Crippen LogP contribution in [-0.2, 0) is 4.62 Å². The first-order valence-electron chi connectivity index (χ1n) is 1.07. The van der Waals surface area contributed by atoms with Crippen molar-refractivity contribution in [2.24, 2.45) is 5.90 Å². The van der Waals surface area contributed by atoms with Gasteiger partial charge in [-0.2, -0.15) is 0 Å². The van der Waals surface area contributed by atoms with Crippen LogP contribution in [0.3, 0.4) is 0 Å². The molecule has 0 radical (unpaired) electrons. The van der Waals surface area contributed by atoms with Crippen LogP contribution >= 0.6 is 16.0 Å². The average molecular weight is 109 g/mol. The van der Waals surface area contributed by atoms with E-state index in [0.29, 0.717) is 0 Å². The van der Waals surface area contributed by atoms with Crippen molar-refractivity contribution in [3.63, 3.8) is 0 Å². The highest BCUT2D eigenvalue weighted by Gasteiger charge is 1.51. The second-order valence-electron chi connectivity index (χ2n) is 0.387. The zero-order chi connectivity index (χ0) is 4.12. The zero-order valence-corrected chi connectivity index (χ0v) is 4.67. The SMILES string of the molecule is CP=PON. The molecule has 0 saturated heterocycles. The summed E-state index contributed by atoms with van der Waals surface area (Å²) in [4.78, 5) is 0. The van der Waals surface area contributed by atoms with Crippen LogP contribution in [0, 0.1) is 0 Å². The van der Waals surface area contributed by atoms with Crippen LogP contribution in [0.4, 0.5) is 0 Å². The minimum Gasteiger partial charge on any atom is -0.243 e. The second-order valence-corrected chi connectivity index (χ2v) is 2.85. The van der Waals surface area contributed by atoms with E-state index in [0.717, 1.165) is 16.0 Å². The highest BCUT2D eigenvalue weighted by atomic mass is 31.7. The second kappa shape index (κ2) is 4.52.